The topological polar surface area (TPSA) is 110 Å². The van der Waals surface area contributed by atoms with Gasteiger partial charge in [0, 0.05) is 35.6 Å². The summed E-state index contributed by atoms with van der Waals surface area (Å²) >= 11 is 0. The maximum absolute atomic E-state index is 13.9. The van der Waals surface area contributed by atoms with Gasteiger partial charge in [-0.05, 0) is 43.2 Å². The molecule has 2 aromatic heterocycles. The highest BCUT2D eigenvalue weighted by Crippen LogP contribution is 2.27. The summed E-state index contributed by atoms with van der Waals surface area (Å²) in [6, 6.07) is 8.29. The lowest BCUT2D eigenvalue weighted by atomic mass is 10.1. The molecule has 2 heterocycles. The van der Waals surface area contributed by atoms with Crippen molar-refractivity contribution in [1.82, 2.24) is 25.4 Å². The molecule has 2 aromatic carbocycles. The Morgan fingerprint density at radius 3 is 2.63 bits per heavy atom. The zero-order chi connectivity index (χ0) is 25.1. The van der Waals surface area contributed by atoms with Gasteiger partial charge in [0.1, 0.15) is 23.5 Å². The van der Waals surface area contributed by atoms with Crippen LogP contribution in [0.2, 0.25) is 0 Å². The van der Waals surface area contributed by atoms with Crippen molar-refractivity contribution in [2.75, 3.05) is 12.4 Å². The van der Waals surface area contributed by atoms with Crippen LogP contribution in [0.25, 0.3) is 5.52 Å². The molecular weight excluding hydrogens is 458 g/mol. The molecule has 0 fully saturated rings. The Bertz CT molecular complexity index is 1440. The second-order valence-corrected chi connectivity index (χ2v) is 7.78. The zero-order valence-electron chi connectivity index (χ0n) is 19.1. The van der Waals surface area contributed by atoms with Crippen molar-refractivity contribution in [2.24, 2.45) is 0 Å². The summed E-state index contributed by atoms with van der Waals surface area (Å²) in [5.74, 6) is -1.85. The van der Waals surface area contributed by atoms with Crippen molar-refractivity contribution >= 4 is 28.8 Å². The van der Waals surface area contributed by atoms with Gasteiger partial charge in [0.15, 0.2) is 5.82 Å². The lowest BCUT2D eigenvalue weighted by Crippen LogP contribution is -2.23. The van der Waals surface area contributed by atoms with Crippen LogP contribution in [0.15, 0.2) is 48.9 Å². The number of aromatic nitrogens is 3. The molecule has 0 atom stereocenters. The minimum atomic E-state index is -0.738. The minimum Gasteiger partial charge on any atom is -0.348 e. The molecular formula is C24H22F2N6O3. The van der Waals surface area contributed by atoms with E-state index in [4.69, 9.17) is 0 Å². The van der Waals surface area contributed by atoms with Crippen LogP contribution < -0.4 is 16.1 Å². The maximum atomic E-state index is 13.9. The number of carbonyl (C=O) groups is 2. The Balaban J connectivity index is 1.61. The standard InChI is InChI=1S/C24H22F2N6O3/c1-13-4-5-15(23(33)31-35-3)8-20(13)30-22-21-14(2)18(11-32(21)29-12-28-22)24(34)27-10-16-6-7-17(25)9-19(16)26/h4-9,11-12H,10H2,1-3H3,(H,27,34)(H,31,33)(H,28,29,30). The van der Waals surface area contributed by atoms with Crippen LogP contribution in [0.3, 0.4) is 0 Å². The fourth-order valence-electron chi connectivity index (χ4n) is 3.59. The van der Waals surface area contributed by atoms with Gasteiger partial charge < -0.3 is 10.6 Å². The maximum Gasteiger partial charge on any atom is 0.274 e. The van der Waals surface area contributed by atoms with Gasteiger partial charge in [-0.3, -0.25) is 14.4 Å². The second-order valence-electron chi connectivity index (χ2n) is 7.78. The molecule has 180 valence electrons. The first-order valence-corrected chi connectivity index (χ1v) is 10.5. The van der Waals surface area contributed by atoms with Gasteiger partial charge in [0.25, 0.3) is 11.8 Å². The van der Waals surface area contributed by atoms with E-state index in [2.05, 4.69) is 31.0 Å². The average Bonchev–Trinajstić information content (AvgIpc) is 3.17. The van der Waals surface area contributed by atoms with E-state index in [-0.39, 0.29) is 12.1 Å². The van der Waals surface area contributed by atoms with Crippen LogP contribution in [0.4, 0.5) is 20.3 Å². The molecule has 9 nitrogen and oxygen atoms in total. The number of nitrogens with zero attached hydrogens (tertiary/aromatic N) is 3. The zero-order valence-corrected chi connectivity index (χ0v) is 19.1. The molecule has 0 radical (unpaired) electrons. The highest BCUT2D eigenvalue weighted by Gasteiger charge is 2.19. The third-order valence-corrected chi connectivity index (χ3v) is 5.47. The summed E-state index contributed by atoms with van der Waals surface area (Å²) in [5, 5.41) is 10.0. The molecule has 0 bridgehead atoms. The lowest BCUT2D eigenvalue weighted by molar-refractivity contribution is 0.0537. The highest BCUT2D eigenvalue weighted by atomic mass is 19.1. The number of halogens is 2. The number of aryl methyl sites for hydroxylation is 2. The number of hydrogen-bond acceptors (Lipinski definition) is 6. The molecule has 2 amide bonds. The Kier molecular flexibility index (Phi) is 6.69. The fraction of sp³-hybridized carbons (Fsp3) is 0.167. The van der Waals surface area contributed by atoms with Crippen LogP contribution in [-0.2, 0) is 11.4 Å². The van der Waals surface area contributed by atoms with Crippen molar-refractivity contribution in [2.45, 2.75) is 20.4 Å². The second kappa shape index (κ2) is 9.85. The molecule has 4 aromatic rings. The molecule has 11 heteroatoms. The third-order valence-electron chi connectivity index (χ3n) is 5.47. The summed E-state index contributed by atoms with van der Waals surface area (Å²) in [7, 11) is 1.35. The molecule has 0 saturated heterocycles. The van der Waals surface area contributed by atoms with E-state index >= 15 is 0 Å². The van der Waals surface area contributed by atoms with E-state index in [0.29, 0.717) is 33.7 Å². The van der Waals surface area contributed by atoms with Crippen molar-refractivity contribution in [3.8, 4) is 0 Å². The number of hydrogen-bond donors (Lipinski definition) is 3. The van der Waals surface area contributed by atoms with Crippen LogP contribution in [0.5, 0.6) is 0 Å². The molecule has 0 saturated carbocycles. The first kappa shape index (κ1) is 23.8. The molecule has 35 heavy (non-hydrogen) atoms. The largest absolute Gasteiger partial charge is 0.348 e. The van der Waals surface area contributed by atoms with E-state index in [9.17, 15) is 18.4 Å². The summed E-state index contributed by atoms with van der Waals surface area (Å²) < 4.78 is 28.5. The van der Waals surface area contributed by atoms with Crippen LogP contribution in [-0.4, -0.2) is 33.5 Å². The van der Waals surface area contributed by atoms with Gasteiger partial charge in [0.05, 0.1) is 12.7 Å². The van der Waals surface area contributed by atoms with Crippen molar-refractivity contribution in [3.63, 3.8) is 0 Å². The van der Waals surface area contributed by atoms with Gasteiger partial charge in [-0.1, -0.05) is 12.1 Å². The molecule has 0 unspecified atom stereocenters. The monoisotopic (exact) mass is 480 g/mol. The van der Waals surface area contributed by atoms with E-state index in [1.54, 1.807) is 31.3 Å². The smallest absolute Gasteiger partial charge is 0.274 e. The summed E-state index contributed by atoms with van der Waals surface area (Å²) in [4.78, 5) is 34.0. The van der Waals surface area contributed by atoms with Gasteiger partial charge in [-0.15, -0.1) is 0 Å². The Hall–Kier alpha value is -4.38. The Labute approximate surface area is 199 Å². The molecule has 0 aliphatic carbocycles. The van der Waals surface area contributed by atoms with Gasteiger partial charge in [-0.2, -0.15) is 5.10 Å². The summed E-state index contributed by atoms with van der Waals surface area (Å²) in [6.45, 7) is 3.51. The first-order chi connectivity index (χ1) is 16.8. The van der Waals surface area contributed by atoms with E-state index in [0.717, 1.165) is 17.7 Å². The van der Waals surface area contributed by atoms with Crippen LogP contribution in [0, 0.1) is 25.5 Å². The van der Waals surface area contributed by atoms with Gasteiger partial charge >= 0.3 is 0 Å². The quantitative estimate of drug-likeness (QED) is 0.349. The van der Waals surface area contributed by atoms with Gasteiger partial charge in [0.2, 0.25) is 0 Å². The number of amides is 2. The number of hydroxylamine groups is 1. The average molecular weight is 480 g/mol. The minimum absolute atomic E-state index is 0.108. The number of carbonyl (C=O) groups excluding carboxylic acids is 2. The molecule has 3 N–H and O–H groups in total. The van der Waals surface area contributed by atoms with E-state index in [1.165, 1.54) is 24.0 Å². The number of rotatable bonds is 7. The fourth-order valence-corrected chi connectivity index (χ4v) is 3.59. The predicted octanol–water partition coefficient (Wildman–Crippen LogP) is 3.59. The predicted molar refractivity (Wildman–Crippen MR) is 124 cm³/mol. The Morgan fingerprint density at radius 1 is 1.09 bits per heavy atom. The number of fused-ring (bicyclic) bond motifs is 1. The number of nitrogens with one attached hydrogen (secondary N) is 3. The van der Waals surface area contributed by atoms with Crippen molar-refractivity contribution in [3.05, 3.63) is 88.4 Å². The normalized spacial score (nSPS) is 10.9. The third kappa shape index (κ3) is 4.94. The number of anilines is 2. The van der Waals surface area contributed by atoms with Crippen molar-refractivity contribution in [1.29, 1.82) is 0 Å². The van der Waals surface area contributed by atoms with Crippen LogP contribution >= 0.6 is 0 Å². The van der Waals surface area contributed by atoms with Gasteiger partial charge in [-0.25, -0.2) is 23.8 Å². The molecule has 4 rings (SSSR count). The van der Waals surface area contributed by atoms with E-state index < -0.39 is 23.4 Å². The Morgan fingerprint density at radius 2 is 1.89 bits per heavy atom. The molecule has 0 aliphatic rings. The summed E-state index contributed by atoms with van der Waals surface area (Å²) in [6.07, 6.45) is 2.88. The highest BCUT2D eigenvalue weighted by molar-refractivity contribution is 5.99. The molecule has 0 spiro atoms. The summed E-state index contributed by atoms with van der Waals surface area (Å²) in [5.41, 5.74) is 5.78. The number of benzene rings is 2. The molecule has 0 aliphatic heterocycles. The van der Waals surface area contributed by atoms with E-state index in [1.807, 2.05) is 6.92 Å². The SMILES string of the molecule is CONC(=O)c1ccc(C)c(Nc2ncnn3cc(C(=O)NCc4ccc(F)cc4F)c(C)c23)c1. The lowest BCUT2D eigenvalue weighted by Gasteiger charge is -2.12. The van der Waals surface area contributed by atoms with Crippen molar-refractivity contribution < 1.29 is 23.2 Å². The first-order valence-electron chi connectivity index (χ1n) is 10.5. The van der Waals surface area contributed by atoms with Crippen LogP contribution in [0.1, 0.15) is 37.4 Å².